The van der Waals surface area contributed by atoms with Crippen LogP contribution in [0, 0.1) is 11.8 Å². The summed E-state index contributed by atoms with van der Waals surface area (Å²) < 4.78 is 7.10. The average Bonchev–Trinajstić information content (AvgIpc) is 3.36. The van der Waals surface area contributed by atoms with E-state index in [1.165, 1.54) is 11.3 Å². The highest BCUT2D eigenvalue weighted by molar-refractivity contribution is 7.21. The van der Waals surface area contributed by atoms with Crippen LogP contribution < -0.4 is 15.4 Å². The number of aromatic nitrogens is 2. The second-order valence-corrected chi connectivity index (χ2v) is 12.3. The Bertz CT molecular complexity index is 1460. The molecule has 1 saturated carbocycles. The van der Waals surface area contributed by atoms with Crippen molar-refractivity contribution in [1.82, 2.24) is 15.3 Å². The van der Waals surface area contributed by atoms with Crippen molar-refractivity contribution in [2.45, 2.75) is 57.9 Å². The summed E-state index contributed by atoms with van der Waals surface area (Å²) >= 11 is 8.26. The molecule has 216 valence electrons. The first kappa shape index (κ1) is 29.5. The monoisotopic (exact) mass is 590 g/mol. The molecule has 6 nitrogen and oxygen atoms in total. The van der Waals surface area contributed by atoms with E-state index in [9.17, 15) is 4.79 Å². The van der Waals surface area contributed by atoms with E-state index >= 15 is 0 Å². The summed E-state index contributed by atoms with van der Waals surface area (Å²) in [5.74, 6) is 2.45. The normalized spacial score (nSPS) is 17.9. The van der Waals surface area contributed by atoms with Crippen molar-refractivity contribution in [2.24, 2.45) is 11.8 Å². The lowest BCUT2D eigenvalue weighted by Gasteiger charge is -2.34. The number of fused-ring (bicyclic) bond motifs is 1. The lowest BCUT2D eigenvalue weighted by Crippen LogP contribution is -2.33. The van der Waals surface area contributed by atoms with Gasteiger partial charge in [-0.25, -0.2) is 9.97 Å². The second kappa shape index (κ2) is 13.8. The van der Waals surface area contributed by atoms with Gasteiger partial charge in [-0.1, -0.05) is 35.9 Å². The van der Waals surface area contributed by atoms with E-state index in [1.807, 2.05) is 50.6 Å². The number of nitrogens with one attached hydrogen (secondary N) is 2. The smallest absolute Gasteiger partial charge is 0.222 e. The van der Waals surface area contributed by atoms with Crippen molar-refractivity contribution in [1.29, 1.82) is 0 Å². The molecule has 0 bridgehead atoms. The molecule has 41 heavy (non-hydrogen) atoms. The highest BCUT2D eigenvalue weighted by Crippen LogP contribution is 2.40. The van der Waals surface area contributed by atoms with Gasteiger partial charge in [0.2, 0.25) is 5.95 Å². The molecule has 1 unspecified atom stereocenters. The van der Waals surface area contributed by atoms with Crippen molar-refractivity contribution < 1.29 is 9.53 Å². The van der Waals surface area contributed by atoms with Crippen LogP contribution in [-0.4, -0.2) is 42.5 Å². The SMILES string of the molecule is CCOc1ccc(-c2cnc(NC)nc2)cc1CCC(CC(=O)c1sc2ccccc2c1Cl)C1CCC(NC)CC1. The summed E-state index contributed by atoms with van der Waals surface area (Å²) in [7, 11) is 3.86. The molecule has 1 atom stereocenters. The first-order valence-electron chi connectivity index (χ1n) is 14.6. The molecule has 2 aromatic heterocycles. The maximum atomic E-state index is 13.8. The Morgan fingerprint density at radius 3 is 2.51 bits per heavy atom. The molecule has 2 aromatic carbocycles. The van der Waals surface area contributed by atoms with E-state index in [4.69, 9.17) is 16.3 Å². The molecule has 0 spiro atoms. The predicted octanol–water partition coefficient (Wildman–Crippen LogP) is 8.05. The van der Waals surface area contributed by atoms with Gasteiger partial charge in [0, 0.05) is 47.6 Å². The first-order chi connectivity index (χ1) is 20.0. The van der Waals surface area contributed by atoms with Gasteiger partial charge in [0.15, 0.2) is 5.78 Å². The zero-order valence-corrected chi connectivity index (χ0v) is 25.7. The molecule has 2 N–H and O–H groups in total. The molecule has 0 amide bonds. The Morgan fingerprint density at radius 1 is 1.07 bits per heavy atom. The van der Waals surface area contributed by atoms with Gasteiger partial charge < -0.3 is 15.4 Å². The number of ether oxygens (including phenoxy) is 1. The zero-order chi connectivity index (χ0) is 28.8. The number of hydrogen-bond acceptors (Lipinski definition) is 7. The third-order valence-electron chi connectivity index (χ3n) is 8.44. The largest absolute Gasteiger partial charge is 0.494 e. The maximum absolute atomic E-state index is 13.8. The van der Waals surface area contributed by atoms with Crippen LogP contribution in [-0.2, 0) is 6.42 Å². The number of ketones is 1. The number of thiophene rings is 1. The van der Waals surface area contributed by atoms with Crippen LogP contribution in [0.4, 0.5) is 5.95 Å². The molecule has 8 heteroatoms. The summed E-state index contributed by atoms with van der Waals surface area (Å²) in [6.07, 6.45) is 10.5. The van der Waals surface area contributed by atoms with Crippen molar-refractivity contribution >= 4 is 44.8 Å². The van der Waals surface area contributed by atoms with Crippen molar-refractivity contribution in [3.05, 3.63) is 70.3 Å². The Kier molecular flexibility index (Phi) is 9.91. The van der Waals surface area contributed by atoms with Crippen molar-refractivity contribution in [3.63, 3.8) is 0 Å². The number of hydrogen-bond donors (Lipinski definition) is 2. The van der Waals surface area contributed by atoms with E-state index in [0.717, 1.165) is 71.1 Å². The van der Waals surface area contributed by atoms with E-state index in [0.29, 0.717) is 40.8 Å². The molecule has 4 aromatic rings. The number of halogens is 1. The molecular formula is C33H39ClN4O2S. The van der Waals surface area contributed by atoms with Crippen molar-refractivity contribution in [2.75, 3.05) is 26.0 Å². The van der Waals surface area contributed by atoms with Gasteiger partial charge in [0.05, 0.1) is 16.5 Å². The predicted molar refractivity (Wildman–Crippen MR) is 171 cm³/mol. The maximum Gasteiger partial charge on any atom is 0.222 e. The molecule has 5 rings (SSSR count). The number of carbonyl (C=O) groups excluding carboxylic acids is 1. The highest BCUT2D eigenvalue weighted by atomic mass is 35.5. The van der Waals surface area contributed by atoms with E-state index in [2.05, 4.69) is 45.8 Å². The van der Waals surface area contributed by atoms with Crippen molar-refractivity contribution in [3.8, 4) is 16.9 Å². The van der Waals surface area contributed by atoms with Crippen LogP contribution in [0.1, 0.15) is 60.7 Å². The number of carbonyl (C=O) groups is 1. The fourth-order valence-electron chi connectivity index (χ4n) is 6.11. The first-order valence-corrected chi connectivity index (χ1v) is 15.8. The number of anilines is 1. The fraction of sp³-hybridized carbons (Fsp3) is 0.424. The number of nitrogens with zero attached hydrogens (tertiary/aromatic N) is 2. The summed E-state index contributed by atoms with van der Waals surface area (Å²) in [4.78, 5) is 23.2. The average molecular weight is 591 g/mol. The number of benzene rings is 2. The van der Waals surface area contributed by atoms with Crippen LogP contribution in [0.2, 0.25) is 5.02 Å². The Hall–Kier alpha value is -3.00. The Morgan fingerprint density at radius 2 is 1.83 bits per heavy atom. The van der Waals surface area contributed by atoms with Gasteiger partial charge in [-0.15, -0.1) is 11.3 Å². The van der Waals surface area contributed by atoms with Gasteiger partial charge >= 0.3 is 0 Å². The van der Waals surface area contributed by atoms with E-state index in [1.54, 1.807) is 0 Å². The molecule has 1 aliphatic rings. The van der Waals surface area contributed by atoms with Gasteiger partial charge in [-0.05, 0) is 93.7 Å². The number of rotatable bonds is 12. The topological polar surface area (TPSA) is 76.1 Å². The van der Waals surface area contributed by atoms with Gasteiger partial charge in [0.1, 0.15) is 5.75 Å². The summed E-state index contributed by atoms with van der Waals surface area (Å²) in [6, 6.07) is 14.9. The minimum absolute atomic E-state index is 0.164. The quantitative estimate of drug-likeness (QED) is 0.163. The van der Waals surface area contributed by atoms with Crippen LogP contribution in [0.5, 0.6) is 5.75 Å². The molecule has 1 fully saturated rings. The van der Waals surface area contributed by atoms with Gasteiger partial charge in [-0.2, -0.15) is 0 Å². The minimum Gasteiger partial charge on any atom is -0.494 e. The molecule has 0 saturated heterocycles. The number of aryl methyl sites for hydroxylation is 1. The Balaban J connectivity index is 1.39. The molecule has 1 aliphatic carbocycles. The van der Waals surface area contributed by atoms with Crippen LogP contribution >= 0.6 is 22.9 Å². The molecule has 0 aliphatic heterocycles. The second-order valence-electron chi connectivity index (χ2n) is 10.9. The molecule has 0 radical (unpaired) electrons. The van der Waals surface area contributed by atoms with Gasteiger partial charge in [-0.3, -0.25) is 4.79 Å². The summed E-state index contributed by atoms with van der Waals surface area (Å²) in [5.41, 5.74) is 3.18. The highest BCUT2D eigenvalue weighted by Gasteiger charge is 2.30. The summed E-state index contributed by atoms with van der Waals surface area (Å²) in [5, 5.41) is 7.99. The lowest BCUT2D eigenvalue weighted by atomic mass is 9.74. The third-order valence-corrected chi connectivity index (χ3v) is 10.2. The van der Waals surface area contributed by atoms with Gasteiger partial charge in [0.25, 0.3) is 0 Å². The van der Waals surface area contributed by atoms with Crippen LogP contribution in [0.3, 0.4) is 0 Å². The molecular weight excluding hydrogens is 552 g/mol. The van der Waals surface area contributed by atoms with Crippen LogP contribution in [0.25, 0.3) is 21.2 Å². The summed E-state index contributed by atoms with van der Waals surface area (Å²) in [6.45, 7) is 2.62. The minimum atomic E-state index is 0.164. The third kappa shape index (κ3) is 6.91. The standard InChI is InChI=1S/C33H39ClN4O2S/c1-4-40-29-16-13-22(25-19-37-33(36-3)38-20-25)17-24(29)10-9-23(21-11-14-26(35-2)15-12-21)18-28(39)32-31(34)27-7-5-6-8-30(27)41-32/h5-8,13,16-17,19-21,23,26,35H,4,9-12,14-15,18H2,1-3H3,(H,36,37,38). The zero-order valence-electron chi connectivity index (χ0n) is 24.1. The number of Topliss-reactive ketones (excluding diaryl/α,β-unsaturated/α-hetero) is 1. The van der Waals surface area contributed by atoms with Crippen LogP contribution in [0.15, 0.2) is 54.9 Å². The van der Waals surface area contributed by atoms with E-state index in [-0.39, 0.29) is 11.7 Å². The Labute approximate surface area is 251 Å². The fourth-order valence-corrected chi connectivity index (χ4v) is 7.59. The lowest BCUT2D eigenvalue weighted by molar-refractivity contribution is 0.0925. The van der Waals surface area contributed by atoms with E-state index < -0.39 is 0 Å². The molecule has 2 heterocycles.